The molecular formula is C21H36BrP. The molecule has 0 N–H and O–H groups in total. The molecule has 0 fully saturated rings. The molecule has 1 aromatic carbocycles. The van der Waals surface area contributed by atoms with Crippen LogP contribution in [0.4, 0.5) is 0 Å². The Bertz CT molecular complexity index is 389. The van der Waals surface area contributed by atoms with Gasteiger partial charge in [-0.3, -0.25) is 0 Å². The third kappa shape index (κ3) is 8.50. The minimum atomic E-state index is -0.817. The Kier molecular flexibility index (Phi) is 13.1. The van der Waals surface area contributed by atoms with E-state index in [9.17, 15) is 0 Å². The van der Waals surface area contributed by atoms with Crippen LogP contribution >= 0.6 is 7.26 Å². The van der Waals surface area contributed by atoms with Crippen molar-refractivity contribution < 1.29 is 17.0 Å². The normalized spacial score (nSPS) is 11.1. The third-order valence-corrected chi connectivity index (χ3v) is 9.52. The molecule has 0 aromatic heterocycles. The van der Waals surface area contributed by atoms with Crippen LogP contribution in [0.15, 0.2) is 30.8 Å². The fourth-order valence-electron chi connectivity index (χ4n) is 3.20. The van der Waals surface area contributed by atoms with Crippen molar-refractivity contribution >= 4 is 13.3 Å². The van der Waals surface area contributed by atoms with E-state index in [2.05, 4.69) is 51.6 Å². The van der Waals surface area contributed by atoms with Gasteiger partial charge in [-0.1, -0.05) is 77.0 Å². The molecule has 1 rings (SSSR count). The molecule has 0 aliphatic carbocycles. The molecule has 0 saturated carbocycles. The predicted octanol–water partition coefficient (Wildman–Crippen LogP) is 4.25. The van der Waals surface area contributed by atoms with Crippen molar-refractivity contribution in [2.75, 3.05) is 18.5 Å². The second-order valence-electron chi connectivity index (χ2n) is 6.68. The van der Waals surface area contributed by atoms with Crippen LogP contribution in [0.3, 0.4) is 0 Å². The zero-order valence-corrected chi connectivity index (χ0v) is 18.0. The van der Waals surface area contributed by atoms with Crippen molar-refractivity contribution in [2.45, 2.75) is 65.5 Å². The fraction of sp³-hybridized carbons (Fsp3) is 0.619. The summed E-state index contributed by atoms with van der Waals surface area (Å²) in [4.78, 5) is 0. The molecule has 0 aliphatic heterocycles. The maximum atomic E-state index is 3.86. The summed E-state index contributed by atoms with van der Waals surface area (Å²) in [6, 6.07) is 9.15. The first-order chi connectivity index (χ1) is 10.7. The highest BCUT2D eigenvalue weighted by atomic mass is 79.9. The van der Waals surface area contributed by atoms with Gasteiger partial charge in [0.25, 0.3) is 0 Å². The van der Waals surface area contributed by atoms with Gasteiger partial charge < -0.3 is 17.0 Å². The average Bonchev–Trinajstić information content (AvgIpc) is 2.56. The van der Waals surface area contributed by atoms with Gasteiger partial charge in [-0.25, -0.2) is 0 Å². The minimum Gasteiger partial charge on any atom is -1.00 e. The number of halogens is 1. The second kappa shape index (κ2) is 13.2. The molecule has 0 amide bonds. The number of hydrogen-bond acceptors (Lipinski definition) is 0. The summed E-state index contributed by atoms with van der Waals surface area (Å²) in [5.74, 6) is 0. The fourth-order valence-corrected chi connectivity index (χ4v) is 8.29. The van der Waals surface area contributed by atoms with E-state index in [0.29, 0.717) is 0 Å². The summed E-state index contributed by atoms with van der Waals surface area (Å²) in [5, 5.41) is 0. The van der Waals surface area contributed by atoms with Gasteiger partial charge >= 0.3 is 0 Å². The first-order valence-corrected chi connectivity index (χ1v) is 11.8. The largest absolute Gasteiger partial charge is 1.00 e. The van der Waals surface area contributed by atoms with Crippen molar-refractivity contribution in [3.8, 4) is 0 Å². The lowest BCUT2D eigenvalue weighted by molar-refractivity contribution is -0.00000489. The van der Waals surface area contributed by atoms with Crippen LogP contribution in [-0.2, 0) is 6.16 Å². The monoisotopic (exact) mass is 398 g/mol. The Morgan fingerprint density at radius 1 is 0.826 bits per heavy atom. The minimum absolute atomic E-state index is 0. The Balaban J connectivity index is 0.00000484. The van der Waals surface area contributed by atoms with Crippen LogP contribution in [0.25, 0.3) is 6.08 Å². The van der Waals surface area contributed by atoms with Gasteiger partial charge in [0, 0.05) is 7.26 Å². The summed E-state index contributed by atoms with van der Waals surface area (Å²) >= 11 is 0. The molecule has 1 aromatic rings. The average molecular weight is 399 g/mol. The molecular weight excluding hydrogens is 363 g/mol. The smallest absolute Gasteiger partial charge is 0.0842 e. The summed E-state index contributed by atoms with van der Waals surface area (Å²) < 4.78 is 0. The van der Waals surface area contributed by atoms with Gasteiger partial charge in [0.1, 0.15) is 0 Å². The van der Waals surface area contributed by atoms with Gasteiger partial charge in [-0.05, 0) is 30.4 Å². The van der Waals surface area contributed by atoms with Crippen LogP contribution in [0, 0.1) is 0 Å². The Hall–Kier alpha value is -0.130. The zero-order valence-electron chi connectivity index (χ0n) is 15.5. The molecule has 0 aliphatic rings. The highest BCUT2D eigenvalue weighted by Crippen LogP contribution is 2.63. The molecule has 23 heavy (non-hydrogen) atoms. The zero-order chi connectivity index (χ0) is 16.3. The Morgan fingerprint density at radius 2 is 1.26 bits per heavy atom. The molecule has 2 heteroatoms. The molecule has 0 saturated heterocycles. The quantitative estimate of drug-likeness (QED) is 0.461. The van der Waals surface area contributed by atoms with E-state index in [1.54, 1.807) is 5.56 Å². The van der Waals surface area contributed by atoms with Gasteiger partial charge in [0.15, 0.2) is 0 Å². The van der Waals surface area contributed by atoms with Crippen molar-refractivity contribution in [2.24, 2.45) is 0 Å². The molecule has 0 radical (unpaired) electrons. The maximum Gasteiger partial charge on any atom is 0.0842 e. The van der Waals surface area contributed by atoms with Crippen LogP contribution in [0.2, 0.25) is 0 Å². The van der Waals surface area contributed by atoms with Crippen molar-refractivity contribution in [3.63, 3.8) is 0 Å². The summed E-state index contributed by atoms with van der Waals surface area (Å²) in [5.41, 5.74) is 2.80. The standard InChI is InChI=1S/C21H36P.BrH/c1-5-9-16-22(17-10-6-2,18-11-7-3)19-21-14-12-20(8-4)13-15-21;/h8,12-15H,4-7,9-11,16-19H2,1-3H3;1H/q+1;/p-1. The highest BCUT2D eigenvalue weighted by molar-refractivity contribution is 7.75. The van der Waals surface area contributed by atoms with E-state index in [-0.39, 0.29) is 17.0 Å². The predicted molar refractivity (Wildman–Crippen MR) is 106 cm³/mol. The second-order valence-corrected chi connectivity index (χ2v) is 11.0. The van der Waals surface area contributed by atoms with Gasteiger partial charge in [-0.2, -0.15) is 0 Å². The number of hydrogen-bond donors (Lipinski definition) is 0. The molecule has 0 nitrogen and oxygen atoms in total. The van der Waals surface area contributed by atoms with E-state index in [0.717, 1.165) is 0 Å². The van der Waals surface area contributed by atoms with Crippen LogP contribution in [0.5, 0.6) is 0 Å². The molecule has 0 atom stereocenters. The highest BCUT2D eigenvalue weighted by Gasteiger charge is 2.35. The summed E-state index contributed by atoms with van der Waals surface area (Å²) in [6.45, 7) is 10.9. The van der Waals surface area contributed by atoms with E-state index in [1.165, 1.54) is 68.7 Å². The van der Waals surface area contributed by atoms with Gasteiger partial charge in [-0.15, -0.1) is 0 Å². The van der Waals surface area contributed by atoms with Gasteiger partial charge in [0.2, 0.25) is 0 Å². The summed E-state index contributed by atoms with van der Waals surface area (Å²) in [7, 11) is -0.817. The van der Waals surface area contributed by atoms with E-state index in [4.69, 9.17) is 0 Å². The topological polar surface area (TPSA) is 0 Å². The summed E-state index contributed by atoms with van der Waals surface area (Å²) in [6.07, 6.45) is 16.1. The first-order valence-electron chi connectivity index (χ1n) is 9.26. The number of benzene rings is 1. The molecule has 0 bridgehead atoms. The SMILES string of the molecule is C=Cc1ccc(C[P+](CCCC)(CCCC)CCCC)cc1.[Br-]. The van der Waals surface area contributed by atoms with E-state index in [1.807, 2.05) is 6.08 Å². The van der Waals surface area contributed by atoms with Crippen LogP contribution in [0.1, 0.15) is 70.4 Å². The van der Waals surface area contributed by atoms with E-state index < -0.39 is 7.26 Å². The van der Waals surface area contributed by atoms with E-state index >= 15 is 0 Å². The van der Waals surface area contributed by atoms with Crippen LogP contribution in [-0.4, -0.2) is 18.5 Å². The van der Waals surface area contributed by atoms with Crippen molar-refractivity contribution in [1.29, 1.82) is 0 Å². The molecule has 0 spiro atoms. The maximum absolute atomic E-state index is 3.86. The lowest BCUT2D eigenvalue weighted by Gasteiger charge is -2.28. The lowest BCUT2D eigenvalue weighted by atomic mass is 10.1. The number of unbranched alkanes of at least 4 members (excludes halogenated alkanes) is 3. The van der Waals surface area contributed by atoms with Crippen LogP contribution < -0.4 is 17.0 Å². The molecule has 132 valence electrons. The first kappa shape index (κ1) is 22.9. The van der Waals surface area contributed by atoms with Crippen molar-refractivity contribution in [1.82, 2.24) is 0 Å². The van der Waals surface area contributed by atoms with Crippen molar-refractivity contribution in [3.05, 3.63) is 42.0 Å². The molecule has 0 heterocycles. The Morgan fingerprint density at radius 3 is 1.61 bits per heavy atom. The Labute approximate surface area is 156 Å². The third-order valence-electron chi connectivity index (χ3n) is 4.69. The van der Waals surface area contributed by atoms with Gasteiger partial charge in [0.05, 0.1) is 24.6 Å². The number of rotatable bonds is 12. The lowest BCUT2D eigenvalue weighted by Crippen LogP contribution is -3.00. The molecule has 0 unspecified atom stereocenters.